The average molecular weight is 1590 g/mol. The predicted octanol–water partition coefficient (Wildman–Crippen LogP) is 17.0. The zero-order valence-electron chi connectivity index (χ0n) is 66.2. The Bertz CT molecular complexity index is 4990. The van der Waals surface area contributed by atoms with Crippen LogP contribution in [0.3, 0.4) is 0 Å². The van der Waals surface area contributed by atoms with E-state index in [1.54, 1.807) is 12.1 Å². The number of nitro groups is 3. The SMILES string of the molecule is CC(C)COc1cc(C(N)=O)ccc1NC(=O)c1ccc(NC(=O)c2ccc([N+](=O)[O-])c(OCCc3ccc4ccccc4c3)c2)c(OCC(C)C)c1.CCCCCOc1cc(C(=O)Nc2ccc(C(N)=O)cc2OC(C)CC)ccc1[N+](=O)[O-].CCCCCOc1cc(C(N)=O)ccc1NC(=O)c1ccc([N+](=O)[O-])c(OCCC)c1. The average Bonchev–Trinajstić information content (AvgIpc) is 0.825. The standard InChI is InChI=1S/C41H42N4O8.C23H29N3O6.C22H27N3O6/c1-25(2)23-52-36-20-30(39(42)46)11-14-33(36)43-40(47)31-12-15-34(37(21-31)53-24-26(3)4)44-41(48)32-13-16-35(45(49)50)38(22-32)51-18-17-27-9-10-28-7-5-6-8-29(28)19-27;1-4-6-7-12-31-21-14-17(9-11-19(21)26(29)30)23(28)25-18-10-8-16(22(24)27)13-20(18)32-15(3)5-2;1-3-5-6-12-31-19-13-15(21(23)26)7-9-17(19)24-22(27)16-8-10-18(25(28)29)20(14-16)30-11-4-2/h5-16,19-22,25-26H,17-18,23-24H2,1-4H3,(H2,42,46)(H,43,47)(H,44,48);8-11,13-15H,4-7,12H2,1-3H3,(H2,24,27)(H,25,28);7-10,13-14H,3-6,11-12H2,1-2H3,(H2,23,26)(H,24,27). The van der Waals surface area contributed by atoms with E-state index >= 15 is 0 Å². The van der Waals surface area contributed by atoms with Gasteiger partial charge in [-0.25, -0.2) is 0 Å². The van der Waals surface area contributed by atoms with Crippen LogP contribution in [0.25, 0.3) is 10.8 Å². The molecule has 9 aromatic rings. The van der Waals surface area contributed by atoms with Gasteiger partial charge in [0.25, 0.3) is 23.6 Å². The van der Waals surface area contributed by atoms with Gasteiger partial charge in [0.1, 0.15) is 23.0 Å². The molecule has 0 fully saturated rings. The number of nitrogens with zero attached hydrogens (tertiary/aromatic N) is 3. The predicted molar refractivity (Wildman–Crippen MR) is 442 cm³/mol. The van der Waals surface area contributed by atoms with Gasteiger partial charge in [-0.3, -0.25) is 63.9 Å². The van der Waals surface area contributed by atoms with Crippen molar-refractivity contribution in [3.63, 3.8) is 0 Å². The minimum absolute atomic E-state index is 0.0274. The molecular weight excluding hydrogens is 1490 g/mol. The van der Waals surface area contributed by atoms with Crippen molar-refractivity contribution in [2.75, 3.05) is 60.9 Å². The highest BCUT2D eigenvalue weighted by atomic mass is 16.6. The van der Waals surface area contributed by atoms with Crippen LogP contribution in [-0.4, -0.2) is 102 Å². The summed E-state index contributed by atoms with van der Waals surface area (Å²) in [6, 6.07) is 43.9. The van der Waals surface area contributed by atoms with Crippen LogP contribution >= 0.6 is 0 Å². The van der Waals surface area contributed by atoms with Crippen molar-refractivity contribution in [3.05, 3.63) is 245 Å². The third-order valence-electron chi connectivity index (χ3n) is 17.3. The van der Waals surface area contributed by atoms with E-state index in [-0.39, 0.29) is 116 Å². The third-order valence-corrected chi connectivity index (χ3v) is 17.3. The molecule has 612 valence electrons. The number of nitrogens with one attached hydrogen (secondary N) is 4. The number of unbranched alkanes of at least 4 members (excludes halogenated alkanes) is 4. The summed E-state index contributed by atoms with van der Waals surface area (Å²) in [5.74, 6) is -2.38. The van der Waals surface area contributed by atoms with Crippen LogP contribution in [0.4, 0.5) is 39.8 Å². The smallest absolute Gasteiger partial charge is 0.310 e. The van der Waals surface area contributed by atoms with E-state index in [0.29, 0.717) is 73.6 Å². The number of benzene rings is 9. The molecule has 0 aliphatic rings. The van der Waals surface area contributed by atoms with Gasteiger partial charge in [0.05, 0.1) is 83.3 Å². The molecule has 0 saturated carbocycles. The summed E-state index contributed by atoms with van der Waals surface area (Å²) in [6.07, 6.45) is 7.25. The van der Waals surface area contributed by atoms with Crippen molar-refractivity contribution in [1.82, 2.24) is 0 Å². The molecule has 7 amide bonds. The number of primary amides is 3. The zero-order chi connectivity index (χ0) is 84.5. The van der Waals surface area contributed by atoms with Crippen molar-refractivity contribution >= 4 is 91.9 Å². The maximum Gasteiger partial charge on any atom is 0.310 e. The molecule has 0 aliphatic heterocycles. The second kappa shape index (κ2) is 44.5. The van der Waals surface area contributed by atoms with Gasteiger partial charge in [-0.15, -0.1) is 0 Å². The van der Waals surface area contributed by atoms with E-state index in [1.165, 1.54) is 115 Å². The van der Waals surface area contributed by atoms with Crippen LogP contribution in [0, 0.1) is 42.2 Å². The Morgan fingerprint density at radius 1 is 0.353 bits per heavy atom. The van der Waals surface area contributed by atoms with Gasteiger partial charge in [-0.2, -0.15) is 0 Å². The molecule has 0 aliphatic carbocycles. The van der Waals surface area contributed by atoms with E-state index in [0.717, 1.165) is 61.3 Å². The lowest BCUT2D eigenvalue weighted by molar-refractivity contribution is -0.386. The number of carbonyl (C=O) groups is 7. The Morgan fingerprint density at radius 2 is 0.681 bits per heavy atom. The summed E-state index contributed by atoms with van der Waals surface area (Å²) >= 11 is 0. The molecule has 0 saturated heterocycles. The number of amides is 7. The Hall–Kier alpha value is -13.7. The largest absolute Gasteiger partial charge is 0.491 e. The normalized spacial score (nSPS) is 11.0. The molecule has 0 spiro atoms. The molecule has 30 nitrogen and oxygen atoms in total. The van der Waals surface area contributed by atoms with Crippen LogP contribution in [0.15, 0.2) is 170 Å². The fourth-order valence-electron chi connectivity index (χ4n) is 10.9. The minimum Gasteiger partial charge on any atom is -0.491 e. The highest BCUT2D eigenvalue weighted by Gasteiger charge is 2.25. The number of anilines is 4. The van der Waals surface area contributed by atoms with Crippen LogP contribution in [0.1, 0.15) is 192 Å². The molecule has 9 rings (SSSR count). The maximum atomic E-state index is 13.5. The first-order chi connectivity index (χ1) is 55.5. The monoisotopic (exact) mass is 1590 g/mol. The summed E-state index contributed by atoms with van der Waals surface area (Å²) in [4.78, 5) is 120. The van der Waals surface area contributed by atoms with Gasteiger partial charge < -0.3 is 71.6 Å². The molecule has 30 heteroatoms. The van der Waals surface area contributed by atoms with E-state index in [1.807, 2.05) is 97.9 Å². The Balaban J connectivity index is 0.000000255. The van der Waals surface area contributed by atoms with Gasteiger partial charge in [0, 0.05) is 81.8 Å². The Kier molecular flexibility index (Phi) is 34.4. The quantitative estimate of drug-likeness (QED) is 0.0107. The highest BCUT2D eigenvalue weighted by molar-refractivity contribution is 6.09. The molecule has 0 bridgehead atoms. The lowest BCUT2D eigenvalue weighted by atomic mass is 10.1. The summed E-state index contributed by atoms with van der Waals surface area (Å²) in [7, 11) is 0. The van der Waals surface area contributed by atoms with E-state index in [9.17, 15) is 63.9 Å². The number of fused-ring (bicyclic) bond motifs is 1. The first-order valence-corrected chi connectivity index (χ1v) is 38.0. The molecule has 9 aromatic carbocycles. The first kappa shape index (κ1) is 89.5. The molecule has 1 atom stereocenters. The topological polar surface area (TPSA) is 440 Å². The van der Waals surface area contributed by atoms with E-state index in [2.05, 4.69) is 28.2 Å². The first-order valence-electron chi connectivity index (χ1n) is 38.0. The maximum absolute atomic E-state index is 13.5. The van der Waals surface area contributed by atoms with Crippen LogP contribution in [0.2, 0.25) is 0 Å². The number of hydrogen-bond acceptors (Lipinski definition) is 20. The molecule has 116 heavy (non-hydrogen) atoms. The third kappa shape index (κ3) is 27.0. The molecule has 1 unspecified atom stereocenters. The molecule has 0 heterocycles. The number of ether oxygens (including phenoxy) is 7. The van der Waals surface area contributed by atoms with Crippen LogP contribution in [0.5, 0.6) is 40.2 Å². The fraction of sp³-hybridized carbons (Fsp3) is 0.314. The Morgan fingerprint density at radius 3 is 1.05 bits per heavy atom. The minimum atomic E-state index is -0.628. The summed E-state index contributed by atoms with van der Waals surface area (Å²) in [6.45, 7) is 19.5. The zero-order valence-corrected chi connectivity index (χ0v) is 66.2. The van der Waals surface area contributed by atoms with E-state index < -0.39 is 56.1 Å². The van der Waals surface area contributed by atoms with Gasteiger partial charge in [0.2, 0.25) is 17.7 Å². The Labute approximate surface area is 671 Å². The number of rotatable bonds is 40. The van der Waals surface area contributed by atoms with Crippen molar-refractivity contribution in [2.45, 2.75) is 126 Å². The van der Waals surface area contributed by atoms with Gasteiger partial charge in [-0.1, -0.05) is 124 Å². The summed E-state index contributed by atoms with van der Waals surface area (Å²) < 4.78 is 40.4. The number of hydrogen-bond donors (Lipinski definition) is 7. The number of nitrogens with two attached hydrogens (primary N) is 3. The van der Waals surface area contributed by atoms with Crippen molar-refractivity contribution < 1.29 is 81.5 Å². The lowest BCUT2D eigenvalue weighted by Crippen LogP contribution is -2.17. The van der Waals surface area contributed by atoms with Gasteiger partial charge in [0.15, 0.2) is 17.2 Å². The summed E-state index contributed by atoms with van der Waals surface area (Å²) in [5, 5.41) is 47.6. The van der Waals surface area contributed by atoms with Crippen LogP contribution in [-0.2, 0) is 6.42 Å². The lowest BCUT2D eigenvalue weighted by Gasteiger charge is -2.17. The molecule has 0 radical (unpaired) electrons. The molecule has 0 aromatic heterocycles. The molecule has 10 N–H and O–H groups in total. The number of nitro benzene ring substituents is 3. The fourth-order valence-corrected chi connectivity index (χ4v) is 10.9. The second-order valence-electron chi connectivity index (χ2n) is 27.6. The van der Waals surface area contributed by atoms with Crippen molar-refractivity contribution in [2.24, 2.45) is 29.0 Å². The van der Waals surface area contributed by atoms with E-state index in [4.69, 9.17) is 50.4 Å². The summed E-state index contributed by atoms with van der Waals surface area (Å²) in [5.41, 5.74) is 19.3. The van der Waals surface area contributed by atoms with Gasteiger partial charge >= 0.3 is 17.1 Å². The second-order valence-corrected chi connectivity index (χ2v) is 27.6. The van der Waals surface area contributed by atoms with Crippen molar-refractivity contribution in [1.29, 1.82) is 0 Å². The van der Waals surface area contributed by atoms with Crippen LogP contribution < -0.4 is 71.6 Å². The highest BCUT2D eigenvalue weighted by Crippen LogP contribution is 2.37. The van der Waals surface area contributed by atoms with Crippen molar-refractivity contribution in [3.8, 4) is 40.2 Å². The molecular formula is C86H98N10O20. The van der Waals surface area contributed by atoms with Gasteiger partial charge in [-0.05, 0) is 152 Å². The number of carbonyl (C=O) groups excluding carboxylic acids is 7.